The van der Waals surface area contributed by atoms with E-state index in [1.807, 2.05) is 6.07 Å². The lowest BCUT2D eigenvalue weighted by atomic mass is 10.0. The molecular formula is C15H9Cl2FN2O. The summed E-state index contributed by atoms with van der Waals surface area (Å²) >= 11 is 11.9. The summed E-state index contributed by atoms with van der Waals surface area (Å²) in [5.74, 6) is 0.234. The van der Waals surface area contributed by atoms with Gasteiger partial charge in [0.2, 0.25) is 5.28 Å². The number of halogens is 3. The van der Waals surface area contributed by atoms with Gasteiger partial charge >= 0.3 is 0 Å². The van der Waals surface area contributed by atoms with Crippen LogP contribution in [-0.4, -0.2) is 17.1 Å². The van der Waals surface area contributed by atoms with Crippen molar-refractivity contribution in [3.63, 3.8) is 0 Å². The minimum Gasteiger partial charge on any atom is -0.494 e. The van der Waals surface area contributed by atoms with Crippen LogP contribution in [0.5, 0.6) is 5.75 Å². The molecule has 21 heavy (non-hydrogen) atoms. The van der Waals surface area contributed by atoms with Gasteiger partial charge in [0.1, 0.15) is 22.2 Å². The summed E-state index contributed by atoms with van der Waals surface area (Å²) in [4.78, 5) is 8.07. The Labute approximate surface area is 130 Å². The number of fused-ring (bicyclic) bond motifs is 1. The molecule has 0 bridgehead atoms. The molecule has 0 aliphatic rings. The highest BCUT2D eigenvalue weighted by Gasteiger charge is 2.12. The first kappa shape index (κ1) is 14.0. The molecule has 3 rings (SSSR count). The number of hydrogen-bond donors (Lipinski definition) is 0. The second-order valence-electron chi connectivity index (χ2n) is 4.37. The first-order valence-electron chi connectivity index (χ1n) is 6.05. The fourth-order valence-electron chi connectivity index (χ4n) is 2.10. The second kappa shape index (κ2) is 5.47. The maximum absolute atomic E-state index is 13.0. The van der Waals surface area contributed by atoms with Crippen LogP contribution in [0.1, 0.15) is 0 Å². The zero-order valence-corrected chi connectivity index (χ0v) is 12.4. The molecule has 0 aliphatic carbocycles. The highest BCUT2D eigenvalue weighted by molar-refractivity contribution is 6.36. The summed E-state index contributed by atoms with van der Waals surface area (Å²) < 4.78 is 18.4. The van der Waals surface area contributed by atoms with Gasteiger partial charge in [-0.1, -0.05) is 23.7 Å². The van der Waals surface area contributed by atoms with Crippen molar-refractivity contribution in [3.8, 4) is 16.9 Å². The third-order valence-corrected chi connectivity index (χ3v) is 3.55. The Morgan fingerprint density at radius 3 is 2.38 bits per heavy atom. The Balaban J connectivity index is 2.28. The van der Waals surface area contributed by atoms with Gasteiger partial charge in [-0.2, -0.15) is 0 Å². The number of benzene rings is 2. The molecule has 0 saturated carbocycles. The lowest BCUT2D eigenvalue weighted by Gasteiger charge is -2.10. The monoisotopic (exact) mass is 322 g/mol. The molecule has 3 aromatic rings. The molecule has 0 spiro atoms. The van der Waals surface area contributed by atoms with E-state index in [4.69, 9.17) is 27.9 Å². The molecule has 0 radical (unpaired) electrons. The predicted molar refractivity (Wildman–Crippen MR) is 81.5 cm³/mol. The Hall–Kier alpha value is -1.91. The summed E-state index contributed by atoms with van der Waals surface area (Å²) in [6.45, 7) is 0. The molecule has 0 unspecified atom stereocenters. The molecule has 0 amide bonds. The van der Waals surface area contributed by atoms with E-state index in [0.717, 1.165) is 11.1 Å². The molecule has 0 aliphatic heterocycles. The summed E-state index contributed by atoms with van der Waals surface area (Å²) in [5, 5.41) is 0.923. The lowest BCUT2D eigenvalue weighted by molar-refractivity contribution is 0.419. The van der Waals surface area contributed by atoms with Crippen LogP contribution >= 0.6 is 23.2 Å². The van der Waals surface area contributed by atoms with Gasteiger partial charge in [0.25, 0.3) is 0 Å². The van der Waals surface area contributed by atoms with E-state index in [1.54, 1.807) is 18.2 Å². The maximum Gasteiger partial charge on any atom is 0.224 e. The third-order valence-electron chi connectivity index (χ3n) is 3.09. The molecule has 2 aromatic carbocycles. The van der Waals surface area contributed by atoms with Gasteiger partial charge in [0.05, 0.1) is 7.11 Å². The third kappa shape index (κ3) is 2.64. The van der Waals surface area contributed by atoms with Gasteiger partial charge in [0, 0.05) is 5.39 Å². The fourth-order valence-corrected chi connectivity index (χ4v) is 2.54. The van der Waals surface area contributed by atoms with Crippen LogP contribution in [-0.2, 0) is 0 Å². The van der Waals surface area contributed by atoms with Gasteiger partial charge in [-0.15, -0.1) is 0 Å². The Morgan fingerprint density at radius 2 is 1.71 bits per heavy atom. The van der Waals surface area contributed by atoms with E-state index >= 15 is 0 Å². The minimum absolute atomic E-state index is 0.0559. The number of ether oxygens (including phenoxy) is 1. The lowest BCUT2D eigenvalue weighted by Crippen LogP contribution is -1.93. The molecule has 106 valence electrons. The molecule has 0 saturated heterocycles. The van der Waals surface area contributed by atoms with Gasteiger partial charge in [-0.05, 0) is 47.0 Å². The van der Waals surface area contributed by atoms with E-state index in [2.05, 4.69) is 9.97 Å². The molecular weight excluding hydrogens is 314 g/mol. The van der Waals surface area contributed by atoms with E-state index in [0.29, 0.717) is 16.7 Å². The Morgan fingerprint density at radius 1 is 1.00 bits per heavy atom. The Kier molecular flexibility index (Phi) is 3.66. The van der Waals surface area contributed by atoms with E-state index < -0.39 is 0 Å². The van der Waals surface area contributed by atoms with Crippen LogP contribution in [0.4, 0.5) is 4.39 Å². The van der Waals surface area contributed by atoms with Crippen molar-refractivity contribution in [2.75, 3.05) is 7.11 Å². The maximum atomic E-state index is 13.0. The van der Waals surface area contributed by atoms with E-state index in [9.17, 15) is 4.39 Å². The molecule has 0 atom stereocenters. The first-order valence-corrected chi connectivity index (χ1v) is 6.81. The van der Waals surface area contributed by atoms with Crippen molar-refractivity contribution in [1.29, 1.82) is 0 Å². The van der Waals surface area contributed by atoms with E-state index in [-0.39, 0.29) is 16.3 Å². The smallest absolute Gasteiger partial charge is 0.224 e. The summed E-state index contributed by atoms with van der Waals surface area (Å²) in [6, 6.07) is 9.78. The van der Waals surface area contributed by atoms with Crippen LogP contribution < -0.4 is 4.74 Å². The average molecular weight is 323 g/mol. The van der Waals surface area contributed by atoms with Crippen LogP contribution in [0.3, 0.4) is 0 Å². The van der Waals surface area contributed by atoms with Gasteiger partial charge < -0.3 is 4.74 Å². The second-order valence-corrected chi connectivity index (χ2v) is 5.06. The largest absolute Gasteiger partial charge is 0.494 e. The molecule has 1 heterocycles. The van der Waals surface area contributed by atoms with Gasteiger partial charge in [-0.3, -0.25) is 0 Å². The van der Waals surface area contributed by atoms with Crippen molar-refractivity contribution >= 4 is 34.1 Å². The zero-order valence-electron chi connectivity index (χ0n) is 10.9. The quantitative estimate of drug-likeness (QED) is 0.504. The van der Waals surface area contributed by atoms with Crippen LogP contribution in [0.2, 0.25) is 10.4 Å². The topological polar surface area (TPSA) is 35.0 Å². The summed E-state index contributed by atoms with van der Waals surface area (Å²) in [5.41, 5.74) is 2.20. The number of hydrogen-bond acceptors (Lipinski definition) is 3. The normalized spacial score (nSPS) is 10.9. The van der Waals surface area contributed by atoms with Crippen molar-refractivity contribution in [1.82, 2.24) is 9.97 Å². The highest BCUT2D eigenvalue weighted by Crippen LogP contribution is 2.34. The Bertz CT molecular complexity index is 822. The first-order chi connectivity index (χ1) is 10.1. The van der Waals surface area contributed by atoms with Crippen LogP contribution in [0.15, 0.2) is 36.4 Å². The summed E-state index contributed by atoms with van der Waals surface area (Å²) in [7, 11) is 1.53. The number of aromatic nitrogens is 2. The molecule has 0 fully saturated rings. The van der Waals surface area contributed by atoms with Crippen molar-refractivity contribution < 1.29 is 9.13 Å². The SMILES string of the molecule is COc1cc(-c2ccc(F)cc2)cc2c(Cl)nc(Cl)nc12. The van der Waals surface area contributed by atoms with Gasteiger partial charge in [0.15, 0.2) is 0 Å². The molecule has 0 N–H and O–H groups in total. The number of methoxy groups -OCH3 is 1. The molecule has 1 aromatic heterocycles. The number of rotatable bonds is 2. The minimum atomic E-state index is -0.292. The molecule has 6 heteroatoms. The van der Waals surface area contributed by atoms with Crippen LogP contribution in [0, 0.1) is 5.82 Å². The van der Waals surface area contributed by atoms with Crippen LogP contribution in [0.25, 0.3) is 22.0 Å². The fraction of sp³-hybridized carbons (Fsp3) is 0.0667. The van der Waals surface area contributed by atoms with Gasteiger partial charge in [-0.25, -0.2) is 14.4 Å². The van der Waals surface area contributed by atoms with E-state index in [1.165, 1.54) is 19.2 Å². The van der Waals surface area contributed by atoms with Crippen molar-refractivity contribution in [3.05, 3.63) is 52.7 Å². The average Bonchev–Trinajstić information content (AvgIpc) is 2.47. The predicted octanol–water partition coefficient (Wildman–Crippen LogP) is 4.75. The van der Waals surface area contributed by atoms with Crippen molar-refractivity contribution in [2.45, 2.75) is 0 Å². The molecule has 3 nitrogen and oxygen atoms in total. The van der Waals surface area contributed by atoms with Crippen molar-refractivity contribution in [2.24, 2.45) is 0 Å². The highest BCUT2D eigenvalue weighted by atomic mass is 35.5. The zero-order chi connectivity index (χ0) is 15.0. The summed E-state index contributed by atoms with van der Waals surface area (Å²) in [6.07, 6.45) is 0. The number of nitrogens with zero attached hydrogens (tertiary/aromatic N) is 2. The standard InChI is InChI=1S/C15H9Cl2FN2O/c1-21-12-7-9(8-2-4-10(18)5-3-8)6-11-13(12)19-15(17)20-14(11)16/h2-7H,1H3.